The van der Waals surface area contributed by atoms with Crippen LogP contribution in [0.2, 0.25) is 0 Å². The van der Waals surface area contributed by atoms with Gasteiger partial charge in [-0.05, 0) is 68.9 Å². The fourth-order valence-corrected chi connectivity index (χ4v) is 2.58. The minimum atomic E-state index is 0. The summed E-state index contributed by atoms with van der Waals surface area (Å²) in [5.41, 5.74) is 10.7. The number of guanidine groups is 1. The number of aryl methyl sites for hydroxylation is 2. The number of aliphatic imine (C=N–C) groups is 1. The SMILES string of the molecule is COc1ccc(C(CN=C(N)Nc2ccc(C)c(C)c2)N(C)C)cc1.I. The van der Waals surface area contributed by atoms with Crippen molar-refractivity contribution in [2.75, 3.05) is 33.1 Å². The fourth-order valence-electron chi connectivity index (χ4n) is 2.58. The Morgan fingerprint density at radius 2 is 1.77 bits per heavy atom. The van der Waals surface area contributed by atoms with E-state index >= 15 is 0 Å². The lowest BCUT2D eigenvalue weighted by atomic mass is 10.1. The van der Waals surface area contributed by atoms with E-state index in [1.54, 1.807) is 7.11 Å². The van der Waals surface area contributed by atoms with Crippen LogP contribution in [0.4, 0.5) is 5.69 Å². The van der Waals surface area contributed by atoms with Crippen LogP contribution in [0, 0.1) is 13.8 Å². The second kappa shape index (κ2) is 10.4. The molecule has 3 N–H and O–H groups in total. The predicted octanol–water partition coefficient (Wildman–Crippen LogP) is 3.96. The zero-order valence-corrected chi connectivity index (χ0v) is 18.4. The second-order valence-electron chi connectivity index (χ2n) is 6.40. The Morgan fingerprint density at radius 3 is 2.31 bits per heavy atom. The number of nitrogens with two attached hydrogens (primary N) is 1. The van der Waals surface area contributed by atoms with E-state index in [1.807, 2.05) is 32.3 Å². The first-order valence-electron chi connectivity index (χ1n) is 8.35. The highest BCUT2D eigenvalue weighted by atomic mass is 127. The molecule has 0 aliphatic heterocycles. The van der Waals surface area contributed by atoms with Crippen LogP contribution in [0.1, 0.15) is 22.7 Å². The molecule has 1 atom stereocenters. The zero-order chi connectivity index (χ0) is 18.4. The van der Waals surface area contributed by atoms with Crippen LogP contribution in [0.25, 0.3) is 0 Å². The number of nitrogens with one attached hydrogen (secondary N) is 1. The Balaban J connectivity index is 0.00000338. The van der Waals surface area contributed by atoms with Crippen molar-refractivity contribution in [2.24, 2.45) is 10.7 Å². The molecule has 0 aromatic heterocycles. The Bertz CT molecular complexity index is 729. The summed E-state index contributed by atoms with van der Waals surface area (Å²) in [6, 6.07) is 14.4. The number of ether oxygens (including phenoxy) is 1. The molecule has 0 bridgehead atoms. The summed E-state index contributed by atoms with van der Waals surface area (Å²) >= 11 is 0. The highest BCUT2D eigenvalue weighted by molar-refractivity contribution is 14.0. The first-order chi connectivity index (χ1) is 11.9. The van der Waals surface area contributed by atoms with Gasteiger partial charge in [0, 0.05) is 5.69 Å². The van der Waals surface area contributed by atoms with Gasteiger partial charge in [-0.15, -0.1) is 24.0 Å². The summed E-state index contributed by atoms with van der Waals surface area (Å²) in [5.74, 6) is 1.27. The van der Waals surface area contributed by atoms with E-state index in [1.165, 1.54) is 16.7 Å². The highest BCUT2D eigenvalue weighted by Gasteiger charge is 2.14. The predicted molar refractivity (Wildman–Crippen MR) is 121 cm³/mol. The maximum absolute atomic E-state index is 6.07. The molecule has 2 aromatic carbocycles. The van der Waals surface area contributed by atoms with E-state index in [0.29, 0.717) is 12.5 Å². The van der Waals surface area contributed by atoms with Crippen molar-refractivity contribution in [2.45, 2.75) is 19.9 Å². The van der Waals surface area contributed by atoms with Gasteiger partial charge in [0.1, 0.15) is 5.75 Å². The van der Waals surface area contributed by atoms with Gasteiger partial charge in [-0.25, -0.2) is 0 Å². The van der Waals surface area contributed by atoms with Crippen LogP contribution in [0.15, 0.2) is 47.5 Å². The van der Waals surface area contributed by atoms with E-state index in [0.717, 1.165) is 11.4 Å². The molecule has 5 nitrogen and oxygen atoms in total. The Kier molecular flexibility index (Phi) is 8.87. The first-order valence-corrected chi connectivity index (χ1v) is 8.35. The number of hydrogen-bond acceptors (Lipinski definition) is 3. The largest absolute Gasteiger partial charge is 0.497 e. The highest BCUT2D eigenvalue weighted by Crippen LogP contribution is 2.21. The molecular formula is C20H29IN4O. The molecule has 0 saturated carbocycles. The Labute approximate surface area is 173 Å². The van der Waals surface area contributed by atoms with Crippen LogP contribution in [-0.2, 0) is 0 Å². The smallest absolute Gasteiger partial charge is 0.193 e. The standard InChI is InChI=1S/C20H28N4O.HI/c1-14-6-9-17(12-15(14)2)23-20(21)22-13-19(24(3)4)16-7-10-18(25-5)11-8-16;/h6-12,19H,13H2,1-5H3,(H3,21,22,23);1H. The van der Waals surface area contributed by atoms with Gasteiger partial charge in [0.05, 0.1) is 19.7 Å². The van der Waals surface area contributed by atoms with Crippen molar-refractivity contribution in [3.63, 3.8) is 0 Å². The van der Waals surface area contributed by atoms with Crippen molar-refractivity contribution in [1.82, 2.24) is 4.90 Å². The molecule has 2 aromatic rings. The minimum Gasteiger partial charge on any atom is -0.497 e. The topological polar surface area (TPSA) is 62.9 Å². The average molecular weight is 468 g/mol. The van der Waals surface area contributed by atoms with Crippen LogP contribution in [0.3, 0.4) is 0 Å². The molecule has 26 heavy (non-hydrogen) atoms. The number of hydrogen-bond donors (Lipinski definition) is 2. The summed E-state index contributed by atoms with van der Waals surface area (Å²) in [7, 11) is 5.75. The minimum absolute atomic E-state index is 0. The fraction of sp³-hybridized carbons (Fsp3) is 0.350. The number of halogens is 1. The van der Waals surface area contributed by atoms with Crippen molar-refractivity contribution in [3.05, 3.63) is 59.2 Å². The summed E-state index contributed by atoms with van der Waals surface area (Å²) in [5, 5.41) is 3.16. The summed E-state index contributed by atoms with van der Waals surface area (Å²) in [4.78, 5) is 6.66. The number of nitrogens with zero attached hydrogens (tertiary/aromatic N) is 2. The molecule has 0 amide bonds. The lowest BCUT2D eigenvalue weighted by Crippen LogP contribution is -2.27. The van der Waals surface area contributed by atoms with Gasteiger partial charge in [-0.3, -0.25) is 4.99 Å². The third-order valence-corrected chi connectivity index (χ3v) is 4.34. The lowest BCUT2D eigenvalue weighted by Gasteiger charge is -2.23. The summed E-state index contributed by atoms with van der Waals surface area (Å²) in [6.07, 6.45) is 0. The molecule has 0 fully saturated rings. The molecule has 0 saturated heterocycles. The quantitative estimate of drug-likeness (QED) is 0.383. The number of anilines is 1. The molecule has 0 aliphatic carbocycles. The van der Waals surface area contributed by atoms with E-state index in [2.05, 4.69) is 53.3 Å². The maximum atomic E-state index is 6.07. The molecule has 2 rings (SSSR count). The summed E-state index contributed by atoms with van der Waals surface area (Å²) in [6.45, 7) is 4.75. The van der Waals surface area contributed by atoms with Gasteiger partial charge in [-0.2, -0.15) is 0 Å². The third kappa shape index (κ3) is 6.17. The Hall–Kier alpha value is -1.80. The van der Waals surface area contributed by atoms with Gasteiger partial charge in [0.25, 0.3) is 0 Å². The first kappa shape index (κ1) is 22.2. The lowest BCUT2D eigenvalue weighted by molar-refractivity contribution is 0.306. The normalized spacial score (nSPS) is 12.5. The molecule has 1 unspecified atom stereocenters. The number of benzene rings is 2. The maximum Gasteiger partial charge on any atom is 0.193 e. The van der Waals surface area contributed by atoms with Crippen LogP contribution in [-0.4, -0.2) is 38.6 Å². The van der Waals surface area contributed by atoms with E-state index in [4.69, 9.17) is 10.5 Å². The Morgan fingerprint density at radius 1 is 1.12 bits per heavy atom. The molecular weight excluding hydrogens is 439 g/mol. The van der Waals surface area contributed by atoms with Crippen molar-refractivity contribution in [1.29, 1.82) is 0 Å². The van der Waals surface area contributed by atoms with Gasteiger partial charge in [0.2, 0.25) is 0 Å². The molecule has 0 spiro atoms. The molecule has 6 heteroatoms. The molecule has 142 valence electrons. The van der Waals surface area contributed by atoms with Crippen LogP contribution in [0.5, 0.6) is 5.75 Å². The van der Waals surface area contributed by atoms with Crippen LogP contribution >= 0.6 is 24.0 Å². The average Bonchev–Trinajstić information content (AvgIpc) is 2.58. The van der Waals surface area contributed by atoms with Crippen molar-refractivity contribution in [3.8, 4) is 5.75 Å². The van der Waals surface area contributed by atoms with E-state index < -0.39 is 0 Å². The van der Waals surface area contributed by atoms with Gasteiger partial charge < -0.3 is 20.7 Å². The van der Waals surface area contributed by atoms with E-state index in [-0.39, 0.29) is 30.0 Å². The van der Waals surface area contributed by atoms with Crippen molar-refractivity contribution >= 4 is 35.6 Å². The number of rotatable bonds is 6. The van der Waals surface area contributed by atoms with Gasteiger partial charge >= 0.3 is 0 Å². The number of likely N-dealkylation sites (N-methyl/N-ethyl adjacent to an activating group) is 1. The van der Waals surface area contributed by atoms with Gasteiger partial charge in [0.15, 0.2) is 5.96 Å². The number of methoxy groups -OCH3 is 1. The molecule has 0 aliphatic rings. The van der Waals surface area contributed by atoms with Crippen LogP contribution < -0.4 is 15.8 Å². The second-order valence-corrected chi connectivity index (χ2v) is 6.40. The van der Waals surface area contributed by atoms with Crippen molar-refractivity contribution < 1.29 is 4.74 Å². The van der Waals surface area contributed by atoms with E-state index in [9.17, 15) is 0 Å². The molecule has 0 radical (unpaired) electrons. The van der Waals surface area contributed by atoms with Gasteiger partial charge in [-0.1, -0.05) is 18.2 Å². The monoisotopic (exact) mass is 468 g/mol. The zero-order valence-electron chi connectivity index (χ0n) is 16.1. The third-order valence-electron chi connectivity index (χ3n) is 4.34. The molecule has 0 heterocycles. The summed E-state index contributed by atoms with van der Waals surface area (Å²) < 4.78 is 5.22.